The summed E-state index contributed by atoms with van der Waals surface area (Å²) >= 11 is 15.4. The van der Waals surface area contributed by atoms with E-state index in [2.05, 4.69) is 79.1 Å². The Morgan fingerprint density at radius 1 is 0.461 bits per heavy atom. The Kier molecular flexibility index (Phi) is 30.2. The predicted molar refractivity (Wildman–Crippen MR) is 352 cm³/mol. The van der Waals surface area contributed by atoms with Crippen LogP contribution in [-0.4, -0.2) is 73.9 Å². The molecule has 2 heterocycles. The van der Waals surface area contributed by atoms with Gasteiger partial charge >= 0.3 is 24.4 Å². The first-order valence-electron chi connectivity index (χ1n) is 24.4. The molecule has 0 bridgehead atoms. The van der Waals surface area contributed by atoms with Gasteiger partial charge in [0.1, 0.15) is 34.4 Å². The largest absolute Gasteiger partial charge is 0.457 e. The first-order valence-corrected chi connectivity index (χ1v) is 34.3. The molecule has 89 heavy (non-hydrogen) atoms. The number of anilines is 4. The van der Waals surface area contributed by atoms with Crippen LogP contribution >= 0.6 is 84.4 Å². The van der Waals surface area contributed by atoms with Crippen LogP contribution in [-0.2, 0) is 32.6 Å². The van der Waals surface area contributed by atoms with E-state index in [1.807, 2.05) is 13.8 Å². The number of benzene rings is 6. The second-order valence-electron chi connectivity index (χ2n) is 17.3. The predicted octanol–water partition coefficient (Wildman–Crippen LogP) is 16.0. The Morgan fingerprint density at radius 2 is 0.753 bits per heavy atom. The van der Waals surface area contributed by atoms with Crippen molar-refractivity contribution in [3.05, 3.63) is 214 Å². The average Bonchev–Trinajstić information content (AvgIpc) is 3.68. The van der Waals surface area contributed by atoms with Crippen LogP contribution < -0.4 is 41.4 Å². The molecule has 0 unspecified atom stereocenters. The summed E-state index contributed by atoms with van der Waals surface area (Å²) < 4.78 is 148. The van der Waals surface area contributed by atoms with E-state index in [0.29, 0.717) is 34.4 Å². The Balaban J connectivity index is 0.000000338. The molecule has 6 amide bonds. The minimum absolute atomic E-state index is 0. The van der Waals surface area contributed by atoms with Crippen molar-refractivity contribution in [3.8, 4) is 23.0 Å². The minimum atomic E-state index is -4.64. The van der Waals surface area contributed by atoms with E-state index in [-0.39, 0.29) is 68.3 Å². The second kappa shape index (κ2) is 35.3. The summed E-state index contributed by atoms with van der Waals surface area (Å²) in [7, 11) is -5.06. The maximum Gasteiger partial charge on any atom is 0.417 e. The fourth-order valence-electron chi connectivity index (χ4n) is 6.59. The first-order chi connectivity index (χ1) is 41.3. The van der Waals surface area contributed by atoms with Gasteiger partial charge in [0.25, 0.3) is 32.1 Å². The number of aryl methyl sites for hydroxylation is 2. The number of hydrogen-bond donors (Lipinski definition) is 8. The van der Waals surface area contributed by atoms with Gasteiger partial charge in [0.15, 0.2) is 0 Å². The molecule has 0 aliphatic carbocycles. The number of rotatable bonds is 12. The van der Waals surface area contributed by atoms with Crippen molar-refractivity contribution in [1.82, 2.24) is 20.6 Å². The fraction of sp³-hybridized carbons (Fsp3) is 0.107. The molecule has 0 spiro atoms. The molecule has 8 aromatic rings. The fourth-order valence-corrected chi connectivity index (χ4v) is 8.00. The topological polar surface area (TPSA) is 293 Å². The Labute approximate surface area is 556 Å². The van der Waals surface area contributed by atoms with Crippen LogP contribution in [0.25, 0.3) is 0 Å². The average molecular weight is 1660 g/mol. The van der Waals surface area contributed by atoms with E-state index in [0.717, 1.165) is 35.4 Å². The molecule has 0 aliphatic heterocycles. The van der Waals surface area contributed by atoms with Crippen molar-refractivity contribution in [2.24, 2.45) is 0 Å². The number of halogens is 11. The van der Waals surface area contributed by atoms with E-state index in [1.165, 1.54) is 75.0 Å². The number of amides is 6. The lowest BCUT2D eigenvalue weighted by molar-refractivity contribution is -0.138. The molecule has 8 N–H and O–H groups in total. The SMILES string of the molecule is CNC(=O)c1cc(Oc2ccc(NC(=O)Nc3ccc(Cl)c(C(F)(F)F)c3)cc2)ccn1.CNC(=O)c1cc(Oc2ccc(NC(=O)Nc3ccc(Cl)c(C(F)(F)F)c3)cc2)ccn1.Cc1ccc(S(=O)(=O)O)cc1.Cc1ccc(S(=O)(=O)O)cc1.I.II. The lowest BCUT2D eigenvalue weighted by Crippen LogP contribution is -2.19. The standard InChI is InChI=1S/2C21H16ClF3N4O3.2C7H8O3S.I2.HI/c2*1-26-19(30)18-11-15(8-9-27-18)32-14-5-2-12(3-6-14)28-20(31)29-13-4-7-17(22)16(10-13)21(23,24)25;2*1-6-2-4-7(5-3-6)11(8,9)10;1-2;/h2*2-11H,1H3,(H,26,30)(H2,28,29,31);2*2-5H,1H3,(H,8,9,10);;1H. The number of nitrogens with one attached hydrogen (secondary N) is 6. The van der Waals surface area contributed by atoms with Gasteiger partial charge in [-0.25, -0.2) is 9.59 Å². The highest BCUT2D eigenvalue weighted by atomic mass is 128. The molecule has 474 valence electrons. The zero-order valence-electron chi connectivity index (χ0n) is 46.0. The number of ether oxygens (including phenoxy) is 2. The van der Waals surface area contributed by atoms with Gasteiger partial charge in [-0.1, -0.05) is 58.6 Å². The lowest BCUT2D eigenvalue weighted by Gasteiger charge is -2.12. The van der Waals surface area contributed by atoms with E-state index >= 15 is 0 Å². The quantitative estimate of drug-likeness (QED) is 0.0321. The number of aromatic nitrogens is 2. The van der Waals surface area contributed by atoms with Gasteiger partial charge < -0.3 is 41.4 Å². The molecule has 33 heteroatoms. The van der Waals surface area contributed by atoms with E-state index in [1.54, 1.807) is 84.9 Å². The number of pyridine rings is 2. The monoisotopic (exact) mass is 1650 g/mol. The van der Waals surface area contributed by atoms with E-state index in [9.17, 15) is 62.4 Å². The normalized spacial score (nSPS) is 10.7. The smallest absolute Gasteiger partial charge is 0.417 e. The van der Waals surface area contributed by atoms with Crippen molar-refractivity contribution in [1.29, 1.82) is 0 Å². The molecular formula is C56H49Cl2F6I3N8O12S2. The maximum absolute atomic E-state index is 12.9. The summed E-state index contributed by atoms with van der Waals surface area (Å²) in [6.07, 6.45) is -6.42. The van der Waals surface area contributed by atoms with Crippen LogP contribution in [0.3, 0.4) is 0 Å². The lowest BCUT2D eigenvalue weighted by atomic mass is 10.2. The molecule has 8 rings (SSSR count). The molecule has 0 fully saturated rings. The Morgan fingerprint density at radius 3 is 1.03 bits per heavy atom. The van der Waals surface area contributed by atoms with Gasteiger partial charge in [-0.15, -0.1) is 24.0 Å². The third-order valence-electron chi connectivity index (χ3n) is 10.8. The molecular weight excluding hydrogens is 1610 g/mol. The third kappa shape index (κ3) is 26.1. The highest BCUT2D eigenvalue weighted by Gasteiger charge is 2.34. The summed E-state index contributed by atoms with van der Waals surface area (Å²) in [6, 6.07) is 35.2. The number of carbonyl (C=O) groups is 4. The Bertz CT molecular complexity index is 3680. The van der Waals surface area contributed by atoms with Crippen molar-refractivity contribution >= 4 is 151 Å². The number of alkyl halides is 6. The molecule has 0 aliphatic rings. The molecule has 0 atom stereocenters. The number of nitrogens with zero attached hydrogens (tertiary/aromatic N) is 2. The summed E-state index contributed by atoms with van der Waals surface area (Å²) in [6.45, 7) is 3.68. The van der Waals surface area contributed by atoms with Gasteiger partial charge in [-0.05, 0) is 135 Å². The molecule has 2 aromatic heterocycles. The van der Waals surface area contributed by atoms with Gasteiger partial charge in [0.2, 0.25) is 0 Å². The molecule has 20 nitrogen and oxygen atoms in total. The highest BCUT2D eigenvalue weighted by Crippen LogP contribution is 2.38. The second-order valence-corrected chi connectivity index (χ2v) is 20.9. The summed E-state index contributed by atoms with van der Waals surface area (Å²) in [4.78, 5) is 55.3. The first kappa shape index (κ1) is 76.1. The number of carbonyl (C=O) groups excluding carboxylic acids is 4. The summed E-state index contributed by atoms with van der Waals surface area (Å²) in [5, 5.41) is 13.7. The van der Waals surface area contributed by atoms with Crippen molar-refractivity contribution in [2.45, 2.75) is 36.0 Å². The van der Waals surface area contributed by atoms with E-state index in [4.69, 9.17) is 41.8 Å². The minimum Gasteiger partial charge on any atom is -0.457 e. The van der Waals surface area contributed by atoms with E-state index < -0.39 is 65.8 Å². The van der Waals surface area contributed by atoms with Crippen LogP contribution in [0.1, 0.15) is 43.2 Å². The van der Waals surface area contributed by atoms with Crippen molar-refractivity contribution < 1.29 is 80.9 Å². The molecule has 0 saturated heterocycles. The summed E-state index contributed by atoms with van der Waals surface area (Å²) in [5.41, 5.74) is 0.818. The highest BCUT2D eigenvalue weighted by molar-refractivity contribution is 15.0. The van der Waals surface area contributed by atoms with Crippen LogP contribution in [0.5, 0.6) is 23.0 Å². The third-order valence-corrected chi connectivity index (χ3v) is 13.2. The van der Waals surface area contributed by atoms with Crippen LogP contribution in [0.15, 0.2) is 180 Å². The Hall–Kier alpha value is -7.13. The van der Waals surface area contributed by atoms with Gasteiger partial charge in [0, 0.05) is 98.6 Å². The van der Waals surface area contributed by atoms with Crippen molar-refractivity contribution in [2.75, 3.05) is 35.4 Å². The van der Waals surface area contributed by atoms with Crippen LogP contribution in [0.2, 0.25) is 10.0 Å². The molecule has 0 saturated carbocycles. The number of hydrogen-bond acceptors (Lipinski definition) is 12. The molecule has 0 radical (unpaired) electrons. The van der Waals surface area contributed by atoms with Gasteiger partial charge in [-0.3, -0.25) is 28.7 Å². The van der Waals surface area contributed by atoms with Gasteiger partial charge in [-0.2, -0.15) is 43.2 Å². The zero-order valence-corrected chi connectivity index (χ0v) is 55.8. The maximum atomic E-state index is 12.9. The van der Waals surface area contributed by atoms with Crippen LogP contribution in [0.4, 0.5) is 58.7 Å². The van der Waals surface area contributed by atoms with Crippen molar-refractivity contribution in [3.63, 3.8) is 0 Å². The number of urea groups is 2. The molecule has 6 aromatic carbocycles. The zero-order chi connectivity index (χ0) is 65.6. The van der Waals surface area contributed by atoms with Crippen LogP contribution in [0, 0.1) is 13.8 Å². The van der Waals surface area contributed by atoms with Gasteiger partial charge in [0.05, 0.1) is 31.0 Å². The summed E-state index contributed by atoms with van der Waals surface area (Å²) in [5.74, 6) is 0.920.